The number of ether oxygens (including phenoxy) is 2. The number of methoxy groups -OCH3 is 1. The van der Waals surface area contributed by atoms with Gasteiger partial charge in [-0.15, -0.1) is 0 Å². The quantitative estimate of drug-likeness (QED) is 0.143. The SMILES string of the molecule is CCCCOC(=O)N1CCN(c2ccc(NC(=O)c3cccc(CCc4cc(Nc5ccc(OC)nc5)n[nH]4)c3)cc2C(F)(F)F)CC1. The number of aromatic amines is 1. The topological polar surface area (TPSA) is 125 Å². The summed E-state index contributed by atoms with van der Waals surface area (Å²) in [4.78, 5) is 32.6. The fraction of sp³-hybridized carbons (Fsp3) is 0.353. The van der Waals surface area contributed by atoms with Gasteiger partial charge in [0.15, 0.2) is 5.82 Å². The molecule has 0 bridgehead atoms. The number of H-pyrrole nitrogens is 1. The van der Waals surface area contributed by atoms with Crippen LogP contribution in [-0.2, 0) is 23.8 Å². The van der Waals surface area contributed by atoms with Gasteiger partial charge >= 0.3 is 12.3 Å². The Morgan fingerprint density at radius 3 is 2.48 bits per heavy atom. The van der Waals surface area contributed by atoms with Crippen LogP contribution in [0.5, 0.6) is 5.88 Å². The molecule has 1 fully saturated rings. The number of hydrogen-bond donors (Lipinski definition) is 3. The molecule has 11 nitrogen and oxygen atoms in total. The van der Waals surface area contributed by atoms with E-state index in [1.807, 2.05) is 25.1 Å². The summed E-state index contributed by atoms with van der Waals surface area (Å²) in [5.74, 6) is 0.612. The van der Waals surface area contributed by atoms with Gasteiger partial charge in [0, 0.05) is 60.9 Å². The van der Waals surface area contributed by atoms with Crippen molar-refractivity contribution in [1.29, 1.82) is 0 Å². The zero-order chi connectivity index (χ0) is 34.1. The Bertz CT molecular complexity index is 1690. The van der Waals surface area contributed by atoms with Crippen LogP contribution in [0.2, 0.25) is 0 Å². The van der Waals surface area contributed by atoms with E-state index in [-0.39, 0.29) is 37.6 Å². The van der Waals surface area contributed by atoms with Gasteiger partial charge < -0.3 is 29.9 Å². The van der Waals surface area contributed by atoms with E-state index in [1.165, 1.54) is 17.0 Å². The number of hydrogen-bond acceptors (Lipinski definition) is 8. The molecule has 3 heterocycles. The van der Waals surface area contributed by atoms with E-state index in [1.54, 1.807) is 42.5 Å². The van der Waals surface area contributed by atoms with E-state index in [0.29, 0.717) is 36.7 Å². The maximum absolute atomic E-state index is 14.2. The highest BCUT2D eigenvalue weighted by Gasteiger charge is 2.36. The Kier molecular flexibility index (Phi) is 11.0. The molecular weight excluding hydrogens is 627 g/mol. The predicted octanol–water partition coefficient (Wildman–Crippen LogP) is 6.67. The summed E-state index contributed by atoms with van der Waals surface area (Å²) >= 11 is 0. The Hall–Kier alpha value is -5.27. The largest absolute Gasteiger partial charge is 0.481 e. The maximum Gasteiger partial charge on any atom is 0.418 e. The Morgan fingerprint density at radius 1 is 0.979 bits per heavy atom. The molecule has 254 valence electrons. The van der Waals surface area contributed by atoms with E-state index < -0.39 is 23.7 Å². The number of carbonyl (C=O) groups excluding carboxylic acids is 2. The van der Waals surface area contributed by atoms with Gasteiger partial charge in [-0.3, -0.25) is 9.89 Å². The summed E-state index contributed by atoms with van der Waals surface area (Å²) in [5, 5.41) is 13.1. The first-order valence-electron chi connectivity index (χ1n) is 15.7. The molecule has 0 aliphatic carbocycles. The third kappa shape index (κ3) is 8.96. The molecule has 4 aromatic rings. The predicted molar refractivity (Wildman–Crippen MR) is 176 cm³/mol. The van der Waals surface area contributed by atoms with Gasteiger partial charge in [-0.1, -0.05) is 25.5 Å². The highest BCUT2D eigenvalue weighted by Crippen LogP contribution is 2.39. The molecule has 0 atom stereocenters. The number of amides is 2. The van der Waals surface area contributed by atoms with Crippen LogP contribution in [0.15, 0.2) is 66.9 Å². The number of pyridine rings is 1. The number of benzene rings is 2. The minimum absolute atomic E-state index is 0.000623. The van der Waals surface area contributed by atoms with E-state index in [4.69, 9.17) is 9.47 Å². The van der Waals surface area contributed by atoms with Crippen LogP contribution in [0, 0.1) is 0 Å². The number of aryl methyl sites for hydroxylation is 2. The van der Waals surface area contributed by atoms with Crippen LogP contribution in [-0.4, -0.2) is 72.0 Å². The highest BCUT2D eigenvalue weighted by atomic mass is 19.4. The number of nitrogens with one attached hydrogen (secondary N) is 3. The maximum atomic E-state index is 14.2. The number of alkyl halides is 3. The zero-order valence-corrected chi connectivity index (χ0v) is 26.8. The lowest BCUT2D eigenvalue weighted by Crippen LogP contribution is -2.49. The molecule has 2 aromatic carbocycles. The number of piperazine rings is 1. The van der Waals surface area contributed by atoms with Crippen LogP contribution in [0.3, 0.4) is 0 Å². The number of nitrogens with zero attached hydrogens (tertiary/aromatic N) is 4. The average molecular weight is 666 g/mol. The highest BCUT2D eigenvalue weighted by molar-refractivity contribution is 6.04. The summed E-state index contributed by atoms with van der Waals surface area (Å²) in [6.07, 6.45) is -0.602. The van der Waals surface area contributed by atoms with Gasteiger partial charge in [-0.2, -0.15) is 18.3 Å². The number of aromatic nitrogens is 3. The van der Waals surface area contributed by atoms with Crippen molar-refractivity contribution in [2.45, 2.75) is 38.8 Å². The van der Waals surface area contributed by atoms with Crippen molar-refractivity contribution in [3.05, 3.63) is 89.2 Å². The fourth-order valence-corrected chi connectivity index (χ4v) is 5.27. The zero-order valence-electron chi connectivity index (χ0n) is 26.8. The van der Waals surface area contributed by atoms with E-state index in [2.05, 4.69) is 25.8 Å². The normalized spacial score (nSPS) is 13.3. The first-order valence-corrected chi connectivity index (χ1v) is 15.7. The molecule has 0 radical (unpaired) electrons. The Balaban J connectivity index is 1.18. The molecule has 1 aliphatic heterocycles. The van der Waals surface area contributed by atoms with Crippen molar-refractivity contribution >= 4 is 34.9 Å². The first kappa shape index (κ1) is 34.1. The van der Waals surface area contributed by atoms with Crippen molar-refractivity contribution in [3.8, 4) is 5.88 Å². The van der Waals surface area contributed by atoms with E-state index in [9.17, 15) is 22.8 Å². The van der Waals surface area contributed by atoms with Crippen molar-refractivity contribution in [2.24, 2.45) is 0 Å². The van der Waals surface area contributed by atoms with Crippen LogP contribution in [0.1, 0.15) is 46.9 Å². The average Bonchev–Trinajstić information content (AvgIpc) is 3.54. The van der Waals surface area contributed by atoms with Crippen LogP contribution < -0.4 is 20.3 Å². The molecule has 48 heavy (non-hydrogen) atoms. The van der Waals surface area contributed by atoms with E-state index >= 15 is 0 Å². The van der Waals surface area contributed by atoms with Gasteiger partial charge in [-0.25, -0.2) is 9.78 Å². The second kappa shape index (κ2) is 15.5. The lowest BCUT2D eigenvalue weighted by Gasteiger charge is -2.36. The standard InChI is InChI=1S/C34H38F3N7O4/c1-3-4-18-48-33(46)44-16-14-43(15-17-44)29-12-10-25(20-28(29)34(35,36)37)40-32(45)24-7-5-6-23(19-24)8-9-26-21-30(42-41-26)39-27-11-13-31(47-2)38-22-27/h5-7,10-13,19-22H,3-4,8-9,14-18H2,1-2H3,(H,40,45)(H2,39,41,42). The summed E-state index contributed by atoms with van der Waals surface area (Å²) < 4.78 is 52.9. The summed E-state index contributed by atoms with van der Waals surface area (Å²) in [6.45, 7) is 3.25. The van der Waals surface area contributed by atoms with Crippen LogP contribution >= 0.6 is 0 Å². The lowest BCUT2D eigenvalue weighted by atomic mass is 10.0. The first-order chi connectivity index (χ1) is 23.1. The van der Waals surface area contributed by atoms with Gasteiger partial charge in [0.2, 0.25) is 5.88 Å². The summed E-state index contributed by atoms with van der Waals surface area (Å²) in [6, 6.07) is 16.2. The second-order valence-electron chi connectivity index (χ2n) is 11.3. The number of halogens is 3. The minimum Gasteiger partial charge on any atom is -0.481 e. The van der Waals surface area contributed by atoms with E-state index in [0.717, 1.165) is 35.9 Å². The van der Waals surface area contributed by atoms with Crippen molar-refractivity contribution in [1.82, 2.24) is 20.1 Å². The fourth-order valence-electron chi connectivity index (χ4n) is 5.27. The minimum atomic E-state index is -4.65. The summed E-state index contributed by atoms with van der Waals surface area (Å²) in [7, 11) is 1.55. The number of unbranched alkanes of at least 4 members (excludes halogenated alkanes) is 1. The van der Waals surface area contributed by atoms with Crippen LogP contribution in [0.4, 0.5) is 40.8 Å². The van der Waals surface area contributed by atoms with Gasteiger partial charge in [0.1, 0.15) is 0 Å². The van der Waals surface area contributed by atoms with Gasteiger partial charge in [0.25, 0.3) is 5.91 Å². The molecule has 3 N–H and O–H groups in total. The van der Waals surface area contributed by atoms with Crippen LogP contribution in [0.25, 0.3) is 0 Å². The third-order valence-electron chi connectivity index (χ3n) is 7.88. The molecule has 1 aliphatic rings. The molecule has 0 saturated carbocycles. The monoisotopic (exact) mass is 665 g/mol. The molecule has 14 heteroatoms. The van der Waals surface area contributed by atoms with Crippen molar-refractivity contribution in [3.63, 3.8) is 0 Å². The number of carbonyl (C=O) groups is 2. The molecule has 5 rings (SSSR count). The Labute approximate surface area is 276 Å². The number of anilines is 4. The summed E-state index contributed by atoms with van der Waals surface area (Å²) in [5.41, 5.74) is 2.01. The van der Waals surface area contributed by atoms with Crippen molar-refractivity contribution < 1.29 is 32.2 Å². The molecule has 2 aromatic heterocycles. The Morgan fingerprint density at radius 2 is 1.77 bits per heavy atom. The molecule has 1 saturated heterocycles. The molecular formula is C34H38F3N7O4. The van der Waals surface area contributed by atoms with Gasteiger partial charge in [0.05, 0.1) is 31.2 Å². The smallest absolute Gasteiger partial charge is 0.418 e. The number of rotatable bonds is 12. The third-order valence-corrected chi connectivity index (χ3v) is 7.88. The molecule has 2 amide bonds. The van der Waals surface area contributed by atoms with Gasteiger partial charge in [-0.05, 0) is 61.2 Å². The molecule has 0 unspecified atom stereocenters. The lowest BCUT2D eigenvalue weighted by molar-refractivity contribution is -0.137. The molecule has 0 spiro atoms. The second-order valence-corrected chi connectivity index (χ2v) is 11.3. The van der Waals surface area contributed by atoms with Crippen molar-refractivity contribution in [2.75, 3.05) is 55.4 Å².